The second kappa shape index (κ2) is 2.09. The fraction of sp³-hybridized carbons (Fsp3) is 0. The summed E-state index contributed by atoms with van der Waals surface area (Å²) in [4.78, 5) is 0. The van der Waals surface area contributed by atoms with Crippen molar-refractivity contribution in [1.82, 2.24) is 10.2 Å². The van der Waals surface area contributed by atoms with E-state index in [2.05, 4.69) is 26.1 Å². The van der Waals surface area contributed by atoms with Crippen LogP contribution in [0.2, 0.25) is 0 Å². The lowest BCUT2D eigenvalue weighted by atomic mass is 10.6. The highest BCUT2D eigenvalue weighted by Crippen LogP contribution is 2.16. The van der Waals surface area contributed by atoms with Crippen molar-refractivity contribution in [3.8, 4) is 5.88 Å². The first-order valence-electron chi connectivity index (χ1n) is 1.97. The first-order chi connectivity index (χ1) is 3.80. The number of hydrogen-bond donors (Lipinski definition) is 1. The summed E-state index contributed by atoms with van der Waals surface area (Å²) in [6.45, 7) is 0. The van der Waals surface area contributed by atoms with Crippen molar-refractivity contribution in [2.45, 2.75) is 0 Å². The summed E-state index contributed by atoms with van der Waals surface area (Å²) in [6.07, 6.45) is 1.49. The summed E-state index contributed by atoms with van der Waals surface area (Å²) in [5, 5.41) is 15.5. The van der Waals surface area contributed by atoms with E-state index in [4.69, 9.17) is 5.11 Å². The van der Waals surface area contributed by atoms with Gasteiger partial charge in [0.05, 0.1) is 10.7 Å². The van der Waals surface area contributed by atoms with Crippen LogP contribution in [0.25, 0.3) is 0 Å². The Morgan fingerprint density at radius 3 is 2.75 bits per heavy atom. The molecule has 0 radical (unpaired) electrons. The van der Waals surface area contributed by atoms with Crippen LogP contribution < -0.4 is 0 Å². The zero-order valence-electron chi connectivity index (χ0n) is 3.87. The molecule has 0 aliphatic carbocycles. The van der Waals surface area contributed by atoms with Gasteiger partial charge in [-0.25, -0.2) is 0 Å². The average Bonchev–Trinajstić information content (AvgIpc) is 1.77. The molecule has 1 aromatic rings. The third-order valence-corrected chi connectivity index (χ3v) is 1.27. The van der Waals surface area contributed by atoms with E-state index >= 15 is 0 Å². The molecule has 1 N–H and O–H groups in total. The van der Waals surface area contributed by atoms with E-state index in [1.165, 1.54) is 6.20 Å². The minimum Gasteiger partial charge on any atom is -0.491 e. The molecule has 0 saturated carbocycles. The molecule has 0 aliphatic heterocycles. The van der Waals surface area contributed by atoms with E-state index in [1.54, 1.807) is 6.07 Å². The van der Waals surface area contributed by atoms with E-state index in [-0.39, 0.29) is 5.88 Å². The van der Waals surface area contributed by atoms with Crippen LogP contribution in [0.5, 0.6) is 5.88 Å². The van der Waals surface area contributed by atoms with E-state index < -0.39 is 0 Å². The Hall–Kier alpha value is -0.640. The Labute approximate surface area is 54.5 Å². The number of nitrogens with zero attached hydrogens (tertiary/aromatic N) is 2. The van der Waals surface area contributed by atoms with Gasteiger partial charge in [-0.05, 0) is 22.0 Å². The number of halogens is 1. The maximum Gasteiger partial charge on any atom is 0.245 e. The highest BCUT2D eigenvalue weighted by atomic mass is 79.9. The molecule has 4 heteroatoms. The quantitative estimate of drug-likeness (QED) is 0.638. The Morgan fingerprint density at radius 1 is 1.62 bits per heavy atom. The molecule has 1 rings (SSSR count). The Balaban J connectivity index is 3.13. The third-order valence-electron chi connectivity index (χ3n) is 0.654. The predicted octanol–water partition coefficient (Wildman–Crippen LogP) is 0.945. The molecule has 0 bridgehead atoms. The smallest absolute Gasteiger partial charge is 0.245 e. The molecule has 0 saturated heterocycles. The Kier molecular flexibility index (Phi) is 1.43. The number of hydrogen-bond acceptors (Lipinski definition) is 3. The number of rotatable bonds is 0. The minimum absolute atomic E-state index is 0.0764. The largest absolute Gasteiger partial charge is 0.491 e. The van der Waals surface area contributed by atoms with Gasteiger partial charge in [-0.2, -0.15) is 5.10 Å². The summed E-state index contributed by atoms with van der Waals surface area (Å²) >= 11 is 3.04. The van der Waals surface area contributed by atoms with Gasteiger partial charge in [0.15, 0.2) is 0 Å². The molecule has 0 amide bonds. The first kappa shape index (κ1) is 5.50. The maximum atomic E-state index is 8.70. The minimum atomic E-state index is -0.0764. The molecule has 0 aromatic carbocycles. The van der Waals surface area contributed by atoms with E-state index in [0.717, 1.165) is 0 Å². The standard InChI is InChI=1S/C4H3BrN2O/c5-3-1-2-6-7-4(3)8/h1-2H,(H,7,8). The average molecular weight is 175 g/mol. The lowest BCUT2D eigenvalue weighted by Gasteiger charge is -1.87. The van der Waals surface area contributed by atoms with Crippen molar-refractivity contribution in [3.05, 3.63) is 16.7 Å². The topological polar surface area (TPSA) is 46.0 Å². The van der Waals surface area contributed by atoms with Crippen LogP contribution in [-0.2, 0) is 0 Å². The van der Waals surface area contributed by atoms with Crippen LogP contribution in [0.4, 0.5) is 0 Å². The van der Waals surface area contributed by atoms with Gasteiger partial charge < -0.3 is 5.11 Å². The number of aromatic nitrogens is 2. The van der Waals surface area contributed by atoms with E-state index in [0.29, 0.717) is 4.47 Å². The van der Waals surface area contributed by atoms with Crippen LogP contribution >= 0.6 is 15.9 Å². The van der Waals surface area contributed by atoms with Gasteiger partial charge in [0.2, 0.25) is 5.88 Å². The van der Waals surface area contributed by atoms with Crippen molar-refractivity contribution >= 4 is 15.9 Å². The Morgan fingerprint density at radius 2 is 2.38 bits per heavy atom. The summed E-state index contributed by atoms with van der Waals surface area (Å²) in [5.41, 5.74) is 0. The molecule has 8 heavy (non-hydrogen) atoms. The van der Waals surface area contributed by atoms with Gasteiger partial charge >= 0.3 is 0 Å². The van der Waals surface area contributed by atoms with Crippen LogP contribution in [-0.4, -0.2) is 15.3 Å². The van der Waals surface area contributed by atoms with Gasteiger partial charge in [0, 0.05) is 0 Å². The van der Waals surface area contributed by atoms with Crippen molar-refractivity contribution in [2.75, 3.05) is 0 Å². The third kappa shape index (κ3) is 0.949. The van der Waals surface area contributed by atoms with Crippen LogP contribution in [0, 0.1) is 0 Å². The molecular weight excluding hydrogens is 172 g/mol. The lowest BCUT2D eigenvalue weighted by Crippen LogP contribution is -1.77. The lowest BCUT2D eigenvalue weighted by molar-refractivity contribution is 0.441. The van der Waals surface area contributed by atoms with Crippen LogP contribution in [0.1, 0.15) is 0 Å². The predicted molar refractivity (Wildman–Crippen MR) is 31.4 cm³/mol. The second-order valence-corrected chi connectivity index (χ2v) is 2.06. The SMILES string of the molecule is Oc1nnccc1Br. The van der Waals surface area contributed by atoms with Gasteiger partial charge in [-0.1, -0.05) is 0 Å². The van der Waals surface area contributed by atoms with Crippen molar-refractivity contribution in [1.29, 1.82) is 0 Å². The van der Waals surface area contributed by atoms with Crippen LogP contribution in [0.15, 0.2) is 16.7 Å². The van der Waals surface area contributed by atoms with Gasteiger partial charge in [-0.15, -0.1) is 5.10 Å². The monoisotopic (exact) mass is 174 g/mol. The fourth-order valence-corrected chi connectivity index (χ4v) is 0.507. The molecule has 0 unspecified atom stereocenters. The normalized spacial score (nSPS) is 9.12. The number of aromatic hydroxyl groups is 1. The van der Waals surface area contributed by atoms with Gasteiger partial charge in [0.1, 0.15) is 0 Å². The fourth-order valence-electron chi connectivity index (χ4n) is 0.309. The highest BCUT2D eigenvalue weighted by Gasteiger charge is 1.92. The molecular formula is C4H3BrN2O. The van der Waals surface area contributed by atoms with Crippen molar-refractivity contribution < 1.29 is 5.11 Å². The highest BCUT2D eigenvalue weighted by molar-refractivity contribution is 9.10. The van der Waals surface area contributed by atoms with Gasteiger partial charge in [-0.3, -0.25) is 0 Å². The summed E-state index contributed by atoms with van der Waals surface area (Å²) in [5.74, 6) is -0.0764. The molecule has 0 spiro atoms. The van der Waals surface area contributed by atoms with Crippen molar-refractivity contribution in [3.63, 3.8) is 0 Å². The van der Waals surface area contributed by atoms with E-state index in [1.807, 2.05) is 0 Å². The molecule has 1 heterocycles. The molecule has 1 aromatic heterocycles. The zero-order chi connectivity index (χ0) is 5.98. The maximum absolute atomic E-state index is 8.70. The molecule has 3 nitrogen and oxygen atoms in total. The molecule has 42 valence electrons. The summed E-state index contributed by atoms with van der Waals surface area (Å²) < 4.78 is 0.563. The summed E-state index contributed by atoms with van der Waals surface area (Å²) in [7, 11) is 0. The summed E-state index contributed by atoms with van der Waals surface area (Å²) in [6, 6.07) is 1.61. The molecule has 0 aliphatic rings. The molecule has 0 fully saturated rings. The van der Waals surface area contributed by atoms with Gasteiger partial charge in [0.25, 0.3) is 0 Å². The van der Waals surface area contributed by atoms with E-state index in [9.17, 15) is 0 Å². The first-order valence-corrected chi connectivity index (χ1v) is 2.76. The second-order valence-electron chi connectivity index (χ2n) is 1.20. The molecule has 0 atom stereocenters. The van der Waals surface area contributed by atoms with Crippen molar-refractivity contribution in [2.24, 2.45) is 0 Å². The zero-order valence-corrected chi connectivity index (χ0v) is 5.46. The van der Waals surface area contributed by atoms with Crippen LogP contribution in [0.3, 0.4) is 0 Å². The Bertz CT molecular complexity index is 170.